The summed E-state index contributed by atoms with van der Waals surface area (Å²) in [5.41, 5.74) is 2.49. The predicted octanol–water partition coefficient (Wildman–Crippen LogP) is 1.62. The van der Waals surface area contributed by atoms with E-state index in [4.69, 9.17) is 0 Å². The first-order valence-corrected chi connectivity index (χ1v) is 6.56. The Kier molecular flexibility index (Phi) is 3.37. The second kappa shape index (κ2) is 5.31. The third-order valence-electron chi connectivity index (χ3n) is 3.49. The summed E-state index contributed by atoms with van der Waals surface area (Å²) < 4.78 is 2.01. The Labute approximate surface area is 107 Å². The molecule has 0 saturated carbocycles. The van der Waals surface area contributed by atoms with E-state index in [0.29, 0.717) is 6.04 Å². The predicted molar refractivity (Wildman–Crippen MR) is 70.3 cm³/mol. The van der Waals surface area contributed by atoms with E-state index in [0.717, 1.165) is 19.5 Å². The summed E-state index contributed by atoms with van der Waals surface area (Å²) in [6, 6.07) is 11.0. The quantitative estimate of drug-likeness (QED) is 0.886. The maximum atomic E-state index is 4.19. The molecular weight excluding hydrogens is 224 g/mol. The molecule has 1 N–H and O–H groups in total. The fourth-order valence-electron chi connectivity index (χ4n) is 2.51. The first-order valence-electron chi connectivity index (χ1n) is 6.56. The largest absolute Gasteiger partial charge is 0.314 e. The second-order valence-corrected chi connectivity index (χ2v) is 4.87. The Morgan fingerprint density at radius 1 is 1.28 bits per heavy atom. The lowest BCUT2D eigenvalue weighted by molar-refractivity contribution is 0.550. The molecule has 0 bridgehead atoms. The number of aromatic nitrogens is 3. The Morgan fingerprint density at radius 2 is 2.17 bits per heavy atom. The van der Waals surface area contributed by atoms with E-state index in [1.807, 2.05) is 16.9 Å². The van der Waals surface area contributed by atoms with Gasteiger partial charge in [0.05, 0.1) is 18.4 Å². The van der Waals surface area contributed by atoms with Crippen molar-refractivity contribution in [1.82, 2.24) is 20.3 Å². The molecule has 2 aromatic rings. The molecule has 1 aromatic carbocycles. The van der Waals surface area contributed by atoms with Crippen molar-refractivity contribution in [2.75, 3.05) is 6.54 Å². The van der Waals surface area contributed by atoms with E-state index >= 15 is 0 Å². The van der Waals surface area contributed by atoms with Crippen LogP contribution in [0.5, 0.6) is 0 Å². The third-order valence-corrected chi connectivity index (χ3v) is 3.49. The van der Waals surface area contributed by atoms with Crippen molar-refractivity contribution < 1.29 is 0 Å². The highest BCUT2D eigenvalue weighted by atomic mass is 15.4. The number of nitrogens with zero attached hydrogens (tertiary/aromatic N) is 3. The van der Waals surface area contributed by atoms with Gasteiger partial charge in [-0.15, -0.1) is 5.10 Å². The average molecular weight is 242 g/mol. The highest BCUT2D eigenvalue weighted by Gasteiger charge is 2.16. The van der Waals surface area contributed by atoms with Crippen LogP contribution in [0.1, 0.15) is 24.1 Å². The molecule has 1 saturated heterocycles. The molecule has 2 heterocycles. The summed E-state index contributed by atoms with van der Waals surface area (Å²) in [7, 11) is 0. The number of rotatable bonds is 4. The second-order valence-electron chi connectivity index (χ2n) is 4.87. The van der Waals surface area contributed by atoms with Gasteiger partial charge in [-0.05, 0) is 24.9 Å². The monoisotopic (exact) mass is 242 g/mol. The Hall–Kier alpha value is -1.68. The van der Waals surface area contributed by atoms with Crippen LogP contribution in [-0.4, -0.2) is 27.6 Å². The van der Waals surface area contributed by atoms with Gasteiger partial charge < -0.3 is 5.32 Å². The first-order chi connectivity index (χ1) is 8.92. The molecule has 4 nitrogen and oxygen atoms in total. The van der Waals surface area contributed by atoms with E-state index in [1.165, 1.54) is 24.1 Å². The normalized spacial score (nSPS) is 19.2. The standard InChI is InChI=1S/C14H18N4/c1-2-5-12(6-3-1)11-18-14(10-16-17-18)9-13-7-4-8-15-13/h1-3,5-6,10,13,15H,4,7-9,11H2. The summed E-state index contributed by atoms with van der Waals surface area (Å²) in [6.45, 7) is 1.95. The number of hydrogen-bond donors (Lipinski definition) is 1. The molecule has 1 atom stereocenters. The van der Waals surface area contributed by atoms with Gasteiger partial charge in [-0.3, -0.25) is 0 Å². The van der Waals surface area contributed by atoms with E-state index < -0.39 is 0 Å². The van der Waals surface area contributed by atoms with Crippen molar-refractivity contribution >= 4 is 0 Å². The van der Waals surface area contributed by atoms with Crippen molar-refractivity contribution in [2.45, 2.75) is 31.8 Å². The van der Waals surface area contributed by atoms with Crippen LogP contribution >= 0.6 is 0 Å². The van der Waals surface area contributed by atoms with Crippen LogP contribution in [0.15, 0.2) is 36.5 Å². The topological polar surface area (TPSA) is 42.7 Å². The Bertz CT molecular complexity index is 486. The van der Waals surface area contributed by atoms with Crippen LogP contribution in [0.4, 0.5) is 0 Å². The van der Waals surface area contributed by atoms with Gasteiger partial charge in [0.2, 0.25) is 0 Å². The van der Waals surface area contributed by atoms with Crippen molar-refractivity contribution in [1.29, 1.82) is 0 Å². The van der Waals surface area contributed by atoms with Gasteiger partial charge in [0.1, 0.15) is 0 Å². The summed E-state index contributed by atoms with van der Waals surface area (Å²) in [5, 5.41) is 11.8. The van der Waals surface area contributed by atoms with Crippen molar-refractivity contribution in [3.05, 3.63) is 47.8 Å². The van der Waals surface area contributed by atoms with E-state index in [2.05, 4.69) is 39.9 Å². The Balaban J connectivity index is 1.71. The maximum absolute atomic E-state index is 4.19. The highest BCUT2D eigenvalue weighted by molar-refractivity contribution is 5.15. The minimum absolute atomic E-state index is 0.595. The molecule has 1 aliphatic heterocycles. The number of nitrogens with one attached hydrogen (secondary N) is 1. The molecule has 1 aliphatic rings. The SMILES string of the molecule is c1ccc(Cn2nncc2CC2CCCN2)cc1. The van der Waals surface area contributed by atoms with E-state index in [1.54, 1.807) is 0 Å². The molecule has 18 heavy (non-hydrogen) atoms. The maximum Gasteiger partial charge on any atom is 0.0725 e. The van der Waals surface area contributed by atoms with Crippen LogP contribution in [0.3, 0.4) is 0 Å². The van der Waals surface area contributed by atoms with Crippen molar-refractivity contribution in [3.63, 3.8) is 0 Å². The highest BCUT2D eigenvalue weighted by Crippen LogP contribution is 2.12. The van der Waals surface area contributed by atoms with Gasteiger partial charge in [0.25, 0.3) is 0 Å². The molecule has 0 spiro atoms. The summed E-state index contributed by atoms with van der Waals surface area (Å²) in [4.78, 5) is 0. The molecular formula is C14H18N4. The van der Waals surface area contributed by atoms with Gasteiger partial charge in [-0.2, -0.15) is 0 Å². The zero-order valence-corrected chi connectivity index (χ0v) is 10.4. The molecule has 94 valence electrons. The molecule has 0 amide bonds. The third kappa shape index (κ3) is 2.59. The van der Waals surface area contributed by atoms with E-state index in [-0.39, 0.29) is 0 Å². The summed E-state index contributed by atoms with van der Waals surface area (Å²) in [5.74, 6) is 0. The molecule has 4 heteroatoms. The average Bonchev–Trinajstić information content (AvgIpc) is 3.04. The van der Waals surface area contributed by atoms with Crippen LogP contribution in [0.2, 0.25) is 0 Å². The number of hydrogen-bond acceptors (Lipinski definition) is 3. The zero-order valence-electron chi connectivity index (χ0n) is 10.4. The van der Waals surface area contributed by atoms with Gasteiger partial charge in [0.15, 0.2) is 0 Å². The first kappa shape index (κ1) is 11.4. The minimum Gasteiger partial charge on any atom is -0.314 e. The van der Waals surface area contributed by atoms with Crippen LogP contribution < -0.4 is 5.32 Å². The van der Waals surface area contributed by atoms with Crippen LogP contribution in [-0.2, 0) is 13.0 Å². The van der Waals surface area contributed by atoms with Gasteiger partial charge in [-0.1, -0.05) is 35.5 Å². The van der Waals surface area contributed by atoms with Crippen molar-refractivity contribution in [2.24, 2.45) is 0 Å². The number of benzene rings is 1. The lowest BCUT2D eigenvalue weighted by Crippen LogP contribution is -2.25. The molecule has 0 aliphatic carbocycles. The minimum atomic E-state index is 0.595. The summed E-state index contributed by atoms with van der Waals surface area (Å²) in [6.07, 6.45) is 5.46. The smallest absolute Gasteiger partial charge is 0.0725 e. The fourth-order valence-corrected chi connectivity index (χ4v) is 2.51. The zero-order chi connectivity index (χ0) is 12.2. The van der Waals surface area contributed by atoms with Crippen molar-refractivity contribution in [3.8, 4) is 0 Å². The lowest BCUT2D eigenvalue weighted by Gasteiger charge is -2.11. The fraction of sp³-hybridized carbons (Fsp3) is 0.429. The van der Waals surface area contributed by atoms with Gasteiger partial charge >= 0.3 is 0 Å². The molecule has 1 fully saturated rings. The van der Waals surface area contributed by atoms with E-state index in [9.17, 15) is 0 Å². The molecule has 1 aromatic heterocycles. The van der Waals surface area contributed by atoms with Crippen LogP contribution in [0, 0.1) is 0 Å². The molecule has 0 radical (unpaired) electrons. The van der Waals surface area contributed by atoms with Gasteiger partial charge in [0, 0.05) is 12.5 Å². The van der Waals surface area contributed by atoms with Crippen LogP contribution in [0.25, 0.3) is 0 Å². The lowest BCUT2D eigenvalue weighted by atomic mass is 10.1. The molecule has 3 rings (SSSR count). The summed E-state index contributed by atoms with van der Waals surface area (Å²) >= 11 is 0. The Morgan fingerprint density at radius 3 is 2.94 bits per heavy atom. The van der Waals surface area contributed by atoms with Gasteiger partial charge in [-0.25, -0.2) is 4.68 Å². The molecule has 1 unspecified atom stereocenters.